The van der Waals surface area contributed by atoms with Crippen LogP contribution >= 0.6 is 11.8 Å². The number of hydrogen-bond acceptors (Lipinski definition) is 3. The average Bonchev–Trinajstić information content (AvgIpc) is 2.03. The molecule has 0 aromatic carbocycles. The SMILES string of the molecule is CSCCCC(O)C(C)C#N. The lowest BCUT2D eigenvalue weighted by molar-refractivity contribution is 0.130. The molecule has 0 aliphatic heterocycles. The van der Waals surface area contributed by atoms with Gasteiger partial charge in [0.1, 0.15) is 0 Å². The molecule has 2 atom stereocenters. The van der Waals surface area contributed by atoms with E-state index >= 15 is 0 Å². The summed E-state index contributed by atoms with van der Waals surface area (Å²) in [5.74, 6) is 0.840. The monoisotopic (exact) mass is 173 g/mol. The Morgan fingerprint density at radius 3 is 2.73 bits per heavy atom. The molecular weight excluding hydrogens is 158 g/mol. The molecule has 11 heavy (non-hydrogen) atoms. The van der Waals surface area contributed by atoms with E-state index in [1.54, 1.807) is 18.7 Å². The van der Waals surface area contributed by atoms with Gasteiger partial charge in [-0.15, -0.1) is 0 Å². The Morgan fingerprint density at radius 2 is 2.27 bits per heavy atom. The Morgan fingerprint density at radius 1 is 1.64 bits per heavy atom. The fraction of sp³-hybridized carbons (Fsp3) is 0.875. The molecule has 1 N–H and O–H groups in total. The van der Waals surface area contributed by atoms with Crippen LogP contribution < -0.4 is 0 Å². The number of rotatable bonds is 5. The van der Waals surface area contributed by atoms with Crippen molar-refractivity contribution in [2.24, 2.45) is 5.92 Å². The number of aliphatic hydroxyl groups is 1. The lowest BCUT2D eigenvalue weighted by Crippen LogP contribution is -2.15. The molecule has 3 heteroatoms. The molecule has 64 valence electrons. The van der Waals surface area contributed by atoms with E-state index in [9.17, 15) is 5.11 Å². The highest BCUT2D eigenvalue weighted by molar-refractivity contribution is 7.98. The summed E-state index contributed by atoms with van der Waals surface area (Å²) in [6.07, 6.45) is 3.34. The minimum absolute atomic E-state index is 0.225. The number of nitriles is 1. The topological polar surface area (TPSA) is 44.0 Å². The van der Waals surface area contributed by atoms with E-state index in [0.717, 1.165) is 18.6 Å². The van der Waals surface area contributed by atoms with Crippen molar-refractivity contribution in [2.45, 2.75) is 25.9 Å². The van der Waals surface area contributed by atoms with Gasteiger partial charge in [0, 0.05) is 0 Å². The number of nitrogens with zero attached hydrogens (tertiary/aromatic N) is 1. The van der Waals surface area contributed by atoms with Gasteiger partial charge in [-0.25, -0.2) is 0 Å². The Hall–Kier alpha value is -0.200. The molecule has 0 bridgehead atoms. The number of thioether (sulfide) groups is 1. The van der Waals surface area contributed by atoms with Crippen LogP contribution in [0, 0.1) is 17.2 Å². The summed E-state index contributed by atoms with van der Waals surface area (Å²) in [6.45, 7) is 1.75. The zero-order chi connectivity index (χ0) is 8.69. The molecule has 0 rings (SSSR count). The lowest BCUT2D eigenvalue weighted by Gasteiger charge is -2.10. The molecule has 0 aliphatic carbocycles. The van der Waals surface area contributed by atoms with Gasteiger partial charge in [0.05, 0.1) is 18.1 Å². The third kappa shape index (κ3) is 5.11. The highest BCUT2D eigenvalue weighted by Gasteiger charge is 2.11. The highest BCUT2D eigenvalue weighted by atomic mass is 32.2. The molecule has 0 spiro atoms. The second-order valence-corrected chi connectivity index (χ2v) is 3.61. The van der Waals surface area contributed by atoms with Crippen LogP contribution in [0.3, 0.4) is 0 Å². The number of hydrogen-bond donors (Lipinski definition) is 1. The first-order valence-corrected chi connectivity index (χ1v) is 5.18. The van der Waals surface area contributed by atoms with Gasteiger partial charge in [-0.05, 0) is 31.8 Å². The average molecular weight is 173 g/mol. The third-order valence-electron chi connectivity index (χ3n) is 1.63. The van der Waals surface area contributed by atoms with Gasteiger partial charge in [-0.3, -0.25) is 0 Å². The van der Waals surface area contributed by atoms with Gasteiger partial charge in [0.15, 0.2) is 0 Å². The summed E-state index contributed by atoms with van der Waals surface area (Å²) in [5, 5.41) is 17.8. The van der Waals surface area contributed by atoms with Crippen molar-refractivity contribution in [1.82, 2.24) is 0 Å². The molecule has 0 aromatic heterocycles. The second kappa shape index (κ2) is 6.51. The smallest absolute Gasteiger partial charge is 0.0695 e. The predicted molar refractivity (Wildman–Crippen MR) is 48.4 cm³/mol. The Bertz CT molecular complexity index is 133. The standard InChI is InChI=1S/C8H15NOS/c1-7(6-9)8(10)4-3-5-11-2/h7-8,10H,3-5H2,1-2H3. The zero-order valence-electron chi connectivity index (χ0n) is 7.08. The van der Waals surface area contributed by atoms with Crippen molar-refractivity contribution in [3.8, 4) is 6.07 Å². The molecule has 0 aliphatic rings. The minimum Gasteiger partial charge on any atom is -0.392 e. The van der Waals surface area contributed by atoms with E-state index in [4.69, 9.17) is 5.26 Å². The van der Waals surface area contributed by atoms with Crippen molar-refractivity contribution in [1.29, 1.82) is 5.26 Å². The first kappa shape index (κ1) is 10.8. The van der Waals surface area contributed by atoms with E-state index in [1.165, 1.54) is 0 Å². The van der Waals surface area contributed by atoms with Crippen molar-refractivity contribution in [3.05, 3.63) is 0 Å². The van der Waals surface area contributed by atoms with Crippen LogP contribution in [0.5, 0.6) is 0 Å². The maximum absolute atomic E-state index is 9.31. The maximum atomic E-state index is 9.31. The van der Waals surface area contributed by atoms with Crippen LogP contribution in [0.1, 0.15) is 19.8 Å². The Kier molecular flexibility index (Phi) is 6.39. The molecule has 0 saturated carbocycles. The fourth-order valence-corrected chi connectivity index (χ4v) is 1.23. The highest BCUT2D eigenvalue weighted by Crippen LogP contribution is 2.09. The second-order valence-electron chi connectivity index (χ2n) is 2.62. The van der Waals surface area contributed by atoms with Crippen LogP contribution in [0.2, 0.25) is 0 Å². The van der Waals surface area contributed by atoms with E-state index in [-0.39, 0.29) is 5.92 Å². The van der Waals surface area contributed by atoms with E-state index in [0.29, 0.717) is 0 Å². The molecular formula is C8H15NOS. The summed E-state index contributed by atoms with van der Waals surface area (Å²) in [7, 11) is 0. The summed E-state index contributed by atoms with van der Waals surface area (Å²) in [4.78, 5) is 0. The summed E-state index contributed by atoms with van der Waals surface area (Å²) in [6, 6.07) is 2.03. The van der Waals surface area contributed by atoms with E-state index < -0.39 is 6.10 Å². The Labute approximate surface area is 72.6 Å². The molecule has 0 fully saturated rings. The predicted octanol–water partition coefficient (Wildman–Crippen LogP) is 1.65. The third-order valence-corrected chi connectivity index (χ3v) is 2.33. The molecule has 2 nitrogen and oxygen atoms in total. The van der Waals surface area contributed by atoms with Crippen LogP contribution in [0.4, 0.5) is 0 Å². The van der Waals surface area contributed by atoms with Crippen LogP contribution in [-0.2, 0) is 0 Å². The number of aliphatic hydroxyl groups excluding tert-OH is 1. The largest absolute Gasteiger partial charge is 0.392 e. The lowest BCUT2D eigenvalue weighted by atomic mass is 10.0. The van der Waals surface area contributed by atoms with Crippen LogP contribution in [0.15, 0.2) is 0 Å². The first-order valence-electron chi connectivity index (χ1n) is 3.79. The summed E-state index contributed by atoms with van der Waals surface area (Å²) >= 11 is 1.77. The van der Waals surface area contributed by atoms with Gasteiger partial charge >= 0.3 is 0 Å². The van der Waals surface area contributed by atoms with Crippen LogP contribution in [-0.4, -0.2) is 23.2 Å². The maximum Gasteiger partial charge on any atom is 0.0695 e. The van der Waals surface area contributed by atoms with Gasteiger partial charge < -0.3 is 5.11 Å². The Balaban J connectivity index is 3.37. The van der Waals surface area contributed by atoms with E-state index in [2.05, 4.69) is 0 Å². The first-order chi connectivity index (χ1) is 5.22. The fourth-order valence-electron chi connectivity index (χ4n) is 0.773. The van der Waals surface area contributed by atoms with Gasteiger partial charge in [0.25, 0.3) is 0 Å². The van der Waals surface area contributed by atoms with Gasteiger partial charge in [-0.2, -0.15) is 17.0 Å². The normalized spacial score (nSPS) is 15.5. The molecule has 2 unspecified atom stereocenters. The molecule has 0 aromatic rings. The zero-order valence-corrected chi connectivity index (χ0v) is 7.90. The van der Waals surface area contributed by atoms with E-state index in [1.807, 2.05) is 12.3 Å². The van der Waals surface area contributed by atoms with Crippen molar-refractivity contribution in [2.75, 3.05) is 12.0 Å². The summed E-state index contributed by atoms with van der Waals surface area (Å²) in [5.41, 5.74) is 0. The van der Waals surface area contributed by atoms with Gasteiger partial charge in [-0.1, -0.05) is 0 Å². The molecule has 0 amide bonds. The minimum atomic E-state index is -0.438. The molecule has 0 radical (unpaired) electrons. The van der Waals surface area contributed by atoms with Crippen LogP contribution in [0.25, 0.3) is 0 Å². The quantitative estimate of drug-likeness (QED) is 0.643. The van der Waals surface area contributed by atoms with Crippen molar-refractivity contribution >= 4 is 11.8 Å². The van der Waals surface area contributed by atoms with Crippen molar-refractivity contribution in [3.63, 3.8) is 0 Å². The molecule has 0 saturated heterocycles. The van der Waals surface area contributed by atoms with Gasteiger partial charge in [0.2, 0.25) is 0 Å². The van der Waals surface area contributed by atoms with Crippen molar-refractivity contribution < 1.29 is 5.11 Å². The summed E-state index contributed by atoms with van der Waals surface area (Å²) < 4.78 is 0. The molecule has 0 heterocycles.